The van der Waals surface area contributed by atoms with Crippen molar-refractivity contribution in [3.63, 3.8) is 0 Å². The second-order valence-electron chi connectivity index (χ2n) is 5.52. The summed E-state index contributed by atoms with van der Waals surface area (Å²) in [5.74, 6) is 1.61. The van der Waals surface area contributed by atoms with Crippen molar-refractivity contribution in [3.05, 3.63) is 66.9 Å². The lowest BCUT2D eigenvalue weighted by molar-refractivity contribution is 0.665. The van der Waals surface area contributed by atoms with E-state index in [0.29, 0.717) is 6.54 Å². The number of guanidine groups is 1. The van der Waals surface area contributed by atoms with Crippen molar-refractivity contribution < 1.29 is 0 Å². The Morgan fingerprint density at radius 3 is 2.69 bits per heavy atom. The van der Waals surface area contributed by atoms with Gasteiger partial charge in [0.25, 0.3) is 0 Å². The molecular formula is C18H24IN7. The van der Waals surface area contributed by atoms with Crippen LogP contribution in [0.5, 0.6) is 0 Å². The third-order valence-corrected chi connectivity index (χ3v) is 3.64. The van der Waals surface area contributed by atoms with E-state index in [2.05, 4.69) is 49.6 Å². The number of hydrogen-bond acceptors (Lipinski definition) is 3. The van der Waals surface area contributed by atoms with Gasteiger partial charge >= 0.3 is 0 Å². The van der Waals surface area contributed by atoms with Crippen LogP contribution in [-0.4, -0.2) is 38.4 Å². The Morgan fingerprint density at radius 1 is 1.12 bits per heavy atom. The Labute approximate surface area is 170 Å². The highest BCUT2D eigenvalue weighted by Crippen LogP contribution is 2.07. The summed E-state index contributed by atoms with van der Waals surface area (Å²) in [6.45, 7) is 5.18. The predicted octanol–water partition coefficient (Wildman–Crippen LogP) is 2.44. The van der Waals surface area contributed by atoms with Crippen LogP contribution in [0.15, 0.2) is 66.3 Å². The zero-order valence-corrected chi connectivity index (χ0v) is 17.1. The normalized spacial score (nSPS) is 11.0. The molecule has 3 aromatic heterocycles. The molecule has 8 heteroatoms. The summed E-state index contributed by atoms with van der Waals surface area (Å²) in [4.78, 5) is 8.99. The molecular weight excluding hydrogens is 441 g/mol. The van der Waals surface area contributed by atoms with Crippen LogP contribution in [0.3, 0.4) is 0 Å². The van der Waals surface area contributed by atoms with Crippen molar-refractivity contribution in [1.82, 2.24) is 30.0 Å². The maximum Gasteiger partial charge on any atom is 0.191 e. The van der Waals surface area contributed by atoms with Crippen LogP contribution >= 0.6 is 24.0 Å². The number of pyridine rings is 1. The van der Waals surface area contributed by atoms with Crippen LogP contribution in [0.1, 0.15) is 12.5 Å². The largest absolute Gasteiger partial charge is 0.357 e. The highest BCUT2D eigenvalue weighted by molar-refractivity contribution is 14.0. The second kappa shape index (κ2) is 10.6. The fraction of sp³-hybridized carbons (Fsp3) is 0.278. The molecule has 2 N–H and O–H groups in total. The molecule has 0 unspecified atom stereocenters. The van der Waals surface area contributed by atoms with Crippen LogP contribution in [0.2, 0.25) is 0 Å². The number of hydrogen-bond donors (Lipinski definition) is 2. The summed E-state index contributed by atoms with van der Waals surface area (Å²) in [6, 6.07) is 9.91. The molecule has 0 saturated carbocycles. The summed E-state index contributed by atoms with van der Waals surface area (Å²) < 4.78 is 3.88. The van der Waals surface area contributed by atoms with Crippen molar-refractivity contribution in [2.45, 2.75) is 20.0 Å². The molecule has 0 aromatic carbocycles. The molecule has 138 valence electrons. The van der Waals surface area contributed by atoms with Crippen molar-refractivity contribution in [2.24, 2.45) is 4.99 Å². The summed E-state index contributed by atoms with van der Waals surface area (Å²) in [5, 5.41) is 10.8. The first-order chi connectivity index (χ1) is 12.3. The van der Waals surface area contributed by atoms with Gasteiger partial charge in [0.15, 0.2) is 11.8 Å². The fourth-order valence-corrected chi connectivity index (χ4v) is 2.42. The van der Waals surface area contributed by atoms with Gasteiger partial charge in [0, 0.05) is 50.6 Å². The molecule has 7 nitrogen and oxygen atoms in total. The van der Waals surface area contributed by atoms with E-state index in [9.17, 15) is 0 Å². The Kier molecular flexibility index (Phi) is 8.13. The number of aromatic nitrogens is 4. The van der Waals surface area contributed by atoms with Gasteiger partial charge in [0.1, 0.15) is 0 Å². The van der Waals surface area contributed by atoms with Crippen LogP contribution in [0, 0.1) is 0 Å². The predicted molar refractivity (Wildman–Crippen MR) is 114 cm³/mol. The van der Waals surface area contributed by atoms with Crippen LogP contribution in [-0.2, 0) is 13.1 Å². The first kappa shape index (κ1) is 20.0. The second-order valence-corrected chi connectivity index (χ2v) is 5.52. The smallest absolute Gasteiger partial charge is 0.191 e. The molecule has 26 heavy (non-hydrogen) atoms. The van der Waals surface area contributed by atoms with Gasteiger partial charge in [-0.05, 0) is 42.8 Å². The molecule has 0 aliphatic carbocycles. The van der Waals surface area contributed by atoms with E-state index in [1.807, 2.05) is 36.5 Å². The maximum atomic E-state index is 4.65. The molecule has 0 saturated heterocycles. The van der Waals surface area contributed by atoms with Gasteiger partial charge in [-0.25, -0.2) is 14.7 Å². The van der Waals surface area contributed by atoms with Crippen molar-refractivity contribution in [2.75, 3.05) is 13.1 Å². The fourth-order valence-electron chi connectivity index (χ4n) is 2.42. The minimum absolute atomic E-state index is 0. The van der Waals surface area contributed by atoms with Crippen molar-refractivity contribution in [1.29, 1.82) is 0 Å². The standard InChI is InChI=1S/C18H23N7.HI/c1-2-19-18(21-9-13-24-10-3-4-11-24)22-15-16-6-8-20-17(14-16)25-12-5-7-23-25;/h3-8,10-12,14H,2,9,13,15H2,1H3,(H2,19,21,22);1H. The van der Waals surface area contributed by atoms with Gasteiger partial charge in [-0.2, -0.15) is 5.10 Å². The van der Waals surface area contributed by atoms with Crippen LogP contribution < -0.4 is 10.6 Å². The first-order valence-corrected chi connectivity index (χ1v) is 8.43. The average Bonchev–Trinajstić information content (AvgIpc) is 3.34. The summed E-state index contributed by atoms with van der Waals surface area (Å²) in [5.41, 5.74) is 1.09. The minimum Gasteiger partial charge on any atom is -0.357 e. The number of nitrogens with zero attached hydrogens (tertiary/aromatic N) is 5. The van der Waals surface area contributed by atoms with E-state index in [-0.39, 0.29) is 24.0 Å². The molecule has 3 aromatic rings. The number of halogens is 1. The molecule has 0 bridgehead atoms. The van der Waals surface area contributed by atoms with Crippen LogP contribution in [0.25, 0.3) is 5.82 Å². The topological polar surface area (TPSA) is 72.1 Å². The molecule has 0 spiro atoms. The van der Waals surface area contributed by atoms with Gasteiger partial charge in [-0.15, -0.1) is 24.0 Å². The van der Waals surface area contributed by atoms with Crippen molar-refractivity contribution >= 4 is 29.9 Å². The SMILES string of the molecule is CCNC(=NCc1ccnc(-n2cccn2)c1)NCCn1cccc1.I. The van der Waals surface area contributed by atoms with Crippen LogP contribution in [0.4, 0.5) is 0 Å². The van der Waals surface area contributed by atoms with Gasteiger partial charge in [0.05, 0.1) is 6.54 Å². The van der Waals surface area contributed by atoms with E-state index >= 15 is 0 Å². The average molecular weight is 465 g/mol. The lowest BCUT2D eigenvalue weighted by Gasteiger charge is -2.12. The Morgan fingerprint density at radius 2 is 1.96 bits per heavy atom. The number of nitrogens with one attached hydrogen (secondary N) is 2. The summed E-state index contributed by atoms with van der Waals surface area (Å²) >= 11 is 0. The van der Waals surface area contributed by atoms with Gasteiger partial charge < -0.3 is 15.2 Å². The Balaban J connectivity index is 0.00000243. The zero-order valence-electron chi connectivity index (χ0n) is 14.7. The van der Waals surface area contributed by atoms with E-state index in [4.69, 9.17) is 0 Å². The third kappa shape index (κ3) is 5.87. The minimum atomic E-state index is 0. The Bertz CT molecular complexity index is 782. The van der Waals surface area contributed by atoms with E-state index < -0.39 is 0 Å². The van der Waals surface area contributed by atoms with Gasteiger partial charge in [-0.1, -0.05) is 0 Å². The zero-order chi connectivity index (χ0) is 17.3. The van der Waals surface area contributed by atoms with E-state index in [0.717, 1.165) is 37.0 Å². The molecule has 3 heterocycles. The quantitative estimate of drug-likeness (QED) is 0.320. The highest BCUT2D eigenvalue weighted by atomic mass is 127. The summed E-state index contributed by atoms with van der Waals surface area (Å²) in [7, 11) is 0. The molecule has 0 aliphatic heterocycles. The Hall–Kier alpha value is -2.36. The molecule has 0 fully saturated rings. The number of rotatable bonds is 7. The summed E-state index contributed by atoms with van der Waals surface area (Å²) in [6.07, 6.45) is 9.51. The lowest BCUT2D eigenvalue weighted by atomic mass is 10.2. The van der Waals surface area contributed by atoms with E-state index in [1.165, 1.54) is 0 Å². The molecule has 0 radical (unpaired) electrons. The molecule has 0 aliphatic rings. The lowest BCUT2D eigenvalue weighted by Crippen LogP contribution is -2.38. The highest BCUT2D eigenvalue weighted by Gasteiger charge is 2.01. The molecule has 0 amide bonds. The van der Waals surface area contributed by atoms with E-state index in [1.54, 1.807) is 17.1 Å². The van der Waals surface area contributed by atoms with Gasteiger partial charge in [-0.3, -0.25) is 0 Å². The molecule has 3 rings (SSSR count). The monoisotopic (exact) mass is 465 g/mol. The first-order valence-electron chi connectivity index (χ1n) is 8.43. The van der Waals surface area contributed by atoms with Crippen molar-refractivity contribution in [3.8, 4) is 5.82 Å². The number of aliphatic imine (C=N–C) groups is 1. The third-order valence-electron chi connectivity index (χ3n) is 3.64. The van der Waals surface area contributed by atoms with Gasteiger partial charge in [0.2, 0.25) is 0 Å². The molecule has 0 atom stereocenters. The maximum absolute atomic E-state index is 4.65.